The maximum atomic E-state index is 2.52. The molecule has 0 amide bonds. The Balaban J connectivity index is 1.24. The molecule has 0 unspecified atom stereocenters. The van der Waals surface area contributed by atoms with E-state index in [9.17, 15) is 0 Å². The van der Waals surface area contributed by atoms with E-state index in [1.54, 1.807) is 0 Å². The van der Waals surface area contributed by atoms with Gasteiger partial charge in [0.15, 0.2) is 0 Å². The highest BCUT2D eigenvalue weighted by molar-refractivity contribution is 5.98. The molecular formula is C60H55N. The summed E-state index contributed by atoms with van der Waals surface area (Å²) in [7, 11) is 0. The fourth-order valence-electron chi connectivity index (χ4n) is 10.4. The first-order valence-electron chi connectivity index (χ1n) is 21.9. The highest BCUT2D eigenvalue weighted by Crippen LogP contribution is 2.60. The average Bonchev–Trinajstić information content (AvgIpc) is 3.70. The van der Waals surface area contributed by atoms with Crippen molar-refractivity contribution < 1.29 is 0 Å². The molecule has 0 aromatic heterocycles. The van der Waals surface area contributed by atoms with Crippen molar-refractivity contribution in [1.29, 1.82) is 0 Å². The van der Waals surface area contributed by atoms with Crippen molar-refractivity contribution in [2.75, 3.05) is 4.90 Å². The third kappa shape index (κ3) is 6.12. The van der Waals surface area contributed by atoms with Crippen LogP contribution in [0.1, 0.15) is 99.9 Å². The molecule has 2 aliphatic rings. The van der Waals surface area contributed by atoms with E-state index in [-0.39, 0.29) is 16.2 Å². The molecule has 61 heavy (non-hydrogen) atoms. The Morgan fingerprint density at radius 2 is 0.869 bits per heavy atom. The van der Waals surface area contributed by atoms with Crippen LogP contribution in [0.3, 0.4) is 0 Å². The Labute approximate surface area is 363 Å². The van der Waals surface area contributed by atoms with Gasteiger partial charge in [-0.15, -0.1) is 0 Å². The lowest BCUT2D eigenvalue weighted by atomic mass is 9.67. The molecule has 0 fully saturated rings. The van der Waals surface area contributed by atoms with Crippen LogP contribution in [0.2, 0.25) is 0 Å². The van der Waals surface area contributed by atoms with E-state index in [1.807, 2.05) is 0 Å². The predicted octanol–water partition coefficient (Wildman–Crippen LogP) is 16.1. The number of anilines is 3. The molecule has 0 N–H and O–H groups in total. The molecule has 300 valence electrons. The molecule has 0 aliphatic heterocycles. The zero-order chi connectivity index (χ0) is 42.3. The van der Waals surface area contributed by atoms with Gasteiger partial charge in [0.2, 0.25) is 0 Å². The van der Waals surface area contributed by atoms with Gasteiger partial charge in [-0.1, -0.05) is 213 Å². The lowest BCUT2D eigenvalue weighted by Gasteiger charge is -2.35. The summed E-state index contributed by atoms with van der Waals surface area (Å²) in [5, 5.41) is 0. The molecule has 0 saturated heterocycles. The normalized spacial score (nSPS) is 14.5. The Bertz CT molecular complexity index is 2860. The molecule has 0 radical (unpaired) electrons. The average molecular weight is 790 g/mol. The smallest absolute Gasteiger partial charge is 0.0714 e. The Morgan fingerprint density at radius 1 is 0.377 bits per heavy atom. The van der Waals surface area contributed by atoms with Crippen LogP contribution < -0.4 is 4.90 Å². The van der Waals surface area contributed by atoms with Gasteiger partial charge >= 0.3 is 0 Å². The number of fused-ring (bicyclic) bond motifs is 6. The fraction of sp³-hybridized carbons (Fsp3) is 0.200. The summed E-state index contributed by atoms with van der Waals surface area (Å²) in [6.07, 6.45) is 0. The van der Waals surface area contributed by atoms with Crippen molar-refractivity contribution in [2.24, 2.45) is 0 Å². The molecule has 2 aliphatic carbocycles. The van der Waals surface area contributed by atoms with Gasteiger partial charge in [0.05, 0.1) is 11.1 Å². The number of rotatable bonds is 6. The molecular weight excluding hydrogens is 735 g/mol. The molecule has 0 spiro atoms. The van der Waals surface area contributed by atoms with Gasteiger partial charge < -0.3 is 4.90 Å². The van der Waals surface area contributed by atoms with Gasteiger partial charge in [-0.3, -0.25) is 0 Å². The third-order valence-corrected chi connectivity index (χ3v) is 13.7. The van der Waals surface area contributed by atoms with Crippen molar-refractivity contribution in [3.05, 3.63) is 233 Å². The van der Waals surface area contributed by atoms with Crippen molar-refractivity contribution in [1.82, 2.24) is 0 Å². The van der Waals surface area contributed by atoms with E-state index in [2.05, 4.69) is 248 Å². The van der Waals surface area contributed by atoms with Crippen molar-refractivity contribution in [2.45, 2.75) is 77.0 Å². The van der Waals surface area contributed by atoms with Crippen LogP contribution in [0.5, 0.6) is 0 Å². The zero-order valence-corrected chi connectivity index (χ0v) is 36.8. The highest BCUT2D eigenvalue weighted by atomic mass is 15.1. The largest absolute Gasteiger partial charge is 0.310 e. The highest BCUT2D eigenvalue weighted by Gasteiger charge is 2.48. The molecule has 0 bridgehead atoms. The minimum atomic E-state index is -0.542. The minimum absolute atomic E-state index is 0.0427. The van der Waals surface area contributed by atoms with Crippen LogP contribution in [0, 0.1) is 0 Å². The van der Waals surface area contributed by atoms with Gasteiger partial charge in [0, 0.05) is 22.4 Å². The number of hydrogen-bond acceptors (Lipinski definition) is 1. The molecule has 0 heterocycles. The Kier molecular flexibility index (Phi) is 8.93. The SMILES string of the molecule is CC(C)(C)c1ccc(C2(c3ccc(C(C)(C)C)cc3)c3ccccc3-c3c(N(c4ccc(-c5ccccc5)cc4)c4ccc5c(c4)C(C)(C)c4ccccc4-5)cccc32)cc1. The zero-order valence-electron chi connectivity index (χ0n) is 36.8. The van der Waals surface area contributed by atoms with E-state index < -0.39 is 5.41 Å². The number of benzene rings is 8. The van der Waals surface area contributed by atoms with Gasteiger partial charge in [0.1, 0.15) is 0 Å². The van der Waals surface area contributed by atoms with Gasteiger partial charge in [-0.05, 0) is 113 Å². The van der Waals surface area contributed by atoms with Crippen molar-refractivity contribution in [3.63, 3.8) is 0 Å². The summed E-state index contributed by atoms with van der Waals surface area (Å²) >= 11 is 0. The lowest BCUT2D eigenvalue weighted by Crippen LogP contribution is -2.29. The van der Waals surface area contributed by atoms with E-state index >= 15 is 0 Å². The summed E-state index contributed by atoms with van der Waals surface area (Å²) in [5.74, 6) is 0. The molecule has 10 rings (SSSR count). The second kappa shape index (κ2) is 14.1. The van der Waals surface area contributed by atoms with Crippen LogP contribution in [0.15, 0.2) is 188 Å². The van der Waals surface area contributed by atoms with E-state index in [0.29, 0.717) is 0 Å². The second-order valence-electron chi connectivity index (χ2n) is 19.8. The summed E-state index contributed by atoms with van der Waals surface area (Å²) in [6, 6.07) is 71.2. The predicted molar refractivity (Wildman–Crippen MR) is 259 cm³/mol. The van der Waals surface area contributed by atoms with Crippen LogP contribution >= 0.6 is 0 Å². The van der Waals surface area contributed by atoms with Crippen LogP contribution in [-0.4, -0.2) is 0 Å². The quantitative estimate of drug-likeness (QED) is 0.162. The minimum Gasteiger partial charge on any atom is -0.310 e. The Hall–Kier alpha value is -6.44. The second-order valence-corrected chi connectivity index (χ2v) is 19.8. The van der Waals surface area contributed by atoms with Crippen LogP contribution in [0.25, 0.3) is 33.4 Å². The molecule has 8 aromatic rings. The standard InChI is InChI=1S/C60H55N/c1-57(2,3)42-27-31-44(32-28-42)60(45-33-29-43(30-34-45)58(4,5)6)52-22-15-13-20-50(52)56-53(60)23-16-24-55(56)61(46-35-25-41(26-36-46)40-17-10-9-11-18-40)47-37-38-49-48-19-12-14-21-51(48)59(7,8)54(49)39-47/h9-39H,1-8H3. The van der Waals surface area contributed by atoms with Crippen LogP contribution in [-0.2, 0) is 21.7 Å². The first kappa shape index (κ1) is 38.7. The first-order chi connectivity index (χ1) is 29.3. The third-order valence-electron chi connectivity index (χ3n) is 13.7. The maximum absolute atomic E-state index is 2.52. The number of nitrogens with zero attached hydrogens (tertiary/aromatic N) is 1. The molecule has 8 aromatic carbocycles. The number of hydrogen-bond donors (Lipinski definition) is 0. The first-order valence-corrected chi connectivity index (χ1v) is 21.9. The van der Waals surface area contributed by atoms with Gasteiger partial charge in [0.25, 0.3) is 0 Å². The summed E-state index contributed by atoms with van der Waals surface area (Å²) in [6.45, 7) is 18.6. The molecule has 1 heteroatoms. The van der Waals surface area contributed by atoms with Gasteiger partial charge in [-0.25, -0.2) is 0 Å². The van der Waals surface area contributed by atoms with Crippen molar-refractivity contribution >= 4 is 17.1 Å². The summed E-state index contributed by atoms with van der Waals surface area (Å²) < 4.78 is 0. The maximum Gasteiger partial charge on any atom is 0.0714 e. The lowest BCUT2D eigenvalue weighted by molar-refractivity contribution is 0.588. The fourth-order valence-corrected chi connectivity index (χ4v) is 10.4. The summed E-state index contributed by atoms with van der Waals surface area (Å²) in [5.41, 5.74) is 21.1. The molecule has 1 nitrogen and oxygen atoms in total. The van der Waals surface area contributed by atoms with Gasteiger partial charge in [-0.2, -0.15) is 0 Å². The van der Waals surface area contributed by atoms with Crippen molar-refractivity contribution in [3.8, 4) is 33.4 Å². The van der Waals surface area contributed by atoms with E-state index in [1.165, 1.54) is 83.6 Å². The van der Waals surface area contributed by atoms with E-state index in [0.717, 1.165) is 11.4 Å². The monoisotopic (exact) mass is 789 g/mol. The van der Waals surface area contributed by atoms with Crippen LogP contribution in [0.4, 0.5) is 17.1 Å². The molecule has 0 atom stereocenters. The Morgan fingerprint density at radius 3 is 1.48 bits per heavy atom. The topological polar surface area (TPSA) is 3.24 Å². The molecule has 0 saturated carbocycles. The van der Waals surface area contributed by atoms with E-state index in [4.69, 9.17) is 0 Å². The summed E-state index contributed by atoms with van der Waals surface area (Å²) in [4.78, 5) is 2.52.